The second-order valence-corrected chi connectivity index (χ2v) is 7.82. The molecule has 1 saturated heterocycles. The summed E-state index contributed by atoms with van der Waals surface area (Å²) in [5, 5.41) is 3.30. The fraction of sp³-hybridized carbons (Fsp3) is 1.00. The first kappa shape index (κ1) is 15.2. The van der Waals surface area contributed by atoms with Crippen LogP contribution in [0.3, 0.4) is 0 Å². The predicted octanol–water partition coefficient (Wildman–Crippen LogP) is 1.04. The lowest BCUT2D eigenvalue weighted by Gasteiger charge is -2.30. The summed E-state index contributed by atoms with van der Waals surface area (Å²) < 4.78 is 28.2. The minimum absolute atomic E-state index is 0.274. The number of nitrogens with one attached hydrogen (secondary N) is 1. The molecule has 1 N–H and O–H groups in total. The fourth-order valence-corrected chi connectivity index (χ4v) is 4.87. The predicted molar refractivity (Wildman–Crippen MR) is 77.2 cm³/mol. The van der Waals surface area contributed by atoms with Crippen molar-refractivity contribution in [1.29, 1.82) is 0 Å². The molecule has 5 nitrogen and oxygen atoms in total. The maximum atomic E-state index is 12.5. The Balaban J connectivity index is 1.79. The normalized spacial score (nSPS) is 27.5. The second kappa shape index (κ2) is 6.52. The number of nitrogens with zero attached hydrogens (tertiary/aromatic N) is 2. The molecule has 2 unspecified atom stereocenters. The molecular formula is C13H27N3O2S. The third-order valence-corrected chi connectivity index (χ3v) is 6.31. The van der Waals surface area contributed by atoms with Gasteiger partial charge < -0.3 is 5.32 Å². The van der Waals surface area contributed by atoms with Crippen molar-refractivity contribution in [2.75, 3.05) is 33.2 Å². The molecule has 0 amide bonds. The van der Waals surface area contributed by atoms with E-state index in [0.29, 0.717) is 12.5 Å². The molecule has 0 spiro atoms. The lowest BCUT2D eigenvalue weighted by atomic mass is 10.1. The summed E-state index contributed by atoms with van der Waals surface area (Å²) in [5.74, 6) is 0.611. The van der Waals surface area contributed by atoms with Crippen molar-refractivity contribution >= 4 is 10.2 Å². The van der Waals surface area contributed by atoms with E-state index >= 15 is 0 Å². The zero-order chi connectivity index (χ0) is 13.9. The van der Waals surface area contributed by atoms with E-state index in [0.717, 1.165) is 45.3 Å². The molecule has 2 bridgehead atoms. The minimum Gasteiger partial charge on any atom is -0.317 e. The number of rotatable bonds is 8. The van der Waals surface area contributed by atoms with Gasteiger partial charge in [-0.15, -0.1) is 0 Å². The smallest absolute Gasteiger partial charge is 0.281 e. The third-order valence-electron chi connectivity index (χ3n) is 4.30. The number of hydrogen-bond acceptors (Lipinski definition) is 3. The van der Waals surface area contributed by atoms with Gasteiger partial charge in [-0.05, 0) is 51.1 Å². The molecule has 0 aromatic heterocycles. The van der Waals surface area contributed by atoms with Crippen molar-refractivity contribution in [3.05, 3.63) is 0 Å². The molecule has 0 aromatic rings. The first-order chi connectivity index (χ1) is 9.05. The Morgan fingerprint density at radius 2 is 2.11 bits per heavy atom. The van der Waals surface area contributed by atoms with E-state index in [2.05, 4.69) is 12.2 Å². The van der Waals surface area contributed by atoms with Gasteiger partial charge in [0.15, 0.2) is 0 Å². The van der Waals surface area contributed by atoms with Crippen molar-refractivity contribution in [2.45, 2.75) is 45.1 Å². The first-order valence-corrected chi connectivity index (χ1v) is 8.89. The average Bonchev–Trinajstić information content (AvgIpc) is 3.00. The summed E-state index contributed by atoms with van der Waals surface area (Å²) >= 11 is 0. The Morgan fingerprint density at radius 1 is 1.32 bits per heavy atom. The van der Waals surface area contributed by atoms with Crippen LogP contribution in [0.4, 0.5) is 0 Å². The highest BCUT2D eigenvalue weighted by atomic mass is 32.2. The van der Waals surface area contributed by atoms with E-state index in [1.165, 1.54) is 10.7 Å². The SMILES string of the molecule is CCCNCCCN(C)S(=O)(=O)N1CC2CCC1C2. The lowest BCUT2D eigenvalue weighted by Crippen LogP contribution is -2.46. The Morgan fingerprint density at radius 3 is 2.68 bits per heavy atom. The zero-order valence-electron chi connectivity index (χ0n) is 12.1. The minimum atomic E-state index is -3.22. The van der Waals surface area contributed by atoms with Crippen LogP contribution in [0.15, 0.2) is 0 Å². The summed E-state index contributed by atoms with van der Waals surface area (Å²) in [6, 6.07) is 0.274. The van der Waals surface area contributed by atoms with Crippen LogP contribution in [0.25, 0.3) is 0 Å². The van der Waals surface area contributed by atoms with Crippen molar-refractivity contribution in [2.24, 2.45) is 5.92 Å². The number of piperidine rings is 1. The van der Waals surface area contributed by atoms with Gasteiger partial charge in [-0.1, -0.05) is 6.92 Å². The molecule has 2 fully saturated rings. The van der Waals surface area contributed by atoms with E-state index in [-0.39, 0.29) is 6.04 Å². The quantitative estimate of drug-likeness (QED) is 0.679. The number of fused-ring (bicyclic) bond motifs is 2. The van der Waals surface area contributed by atoms with Crippen LogP contribution < -0.4 is 5.32 Å². The summed E-state index contributed by atoms with van der Waals surface area (Å²) in [6.07, 6.45) is 5.32. The summed E-state index contributed by atoms with van der Waals surface area (Å²) in [5.41, 5.74) is 0. The monoisotopic (exact) mass is 289 g/mol. The Bertz CT molecular complexity index is 385. The molecule has 2 atom stereocenters. The fourth-order valence-electron chi connectivity index (χ4n) is 3.18. The van der Waals surface area contributed by atoms with Gasteiger partial charge >= 0.3 is 0 Å². The molecule has 1 saturated carbocycles. The van der Waals surface area contributed by atoms with Gasteiger partial charge in [-0.25, -0.2) is 0 Å². The van der Waals surface area contributed by atoms with Gasteiger partial charge in [0, 0.05) is 26.2 Å². The van der Waals surface area contributed by atoms with Crippen molar-refractivity contribution in [3.8, 4) is 0 Å². The largest absolute Gasteiger partial charge is 0.317 e. The third kappa shape index (κ3) is 3.48. The zero-order valence-corrected chi connectivity index (χ0v) is 13.0. The molecule has 0 aromatic carbocycles. The molecule has 1 aliphatic heterocycles. The molecule has 0 radical (unpaired) electrons. The second-order valence-electron chi connectivity index (χ2n) is 5.84. The van der Waals surface area contributed by atoms with E-state index in [1.54, 1.807) is 11.4 Å². The Hall–Kier alpha value is -0.170. The van der Waals surface area contributed by atoms with Gasteiger partial charge in [0.25, 0.3) is 10.2 Å². The van der Waals surface area contributed by atoms with Gasteiger partial charge in [0.1, 0.15) is 0 Å². The van der Waals surface area contributed by atoms with Crippen LogP contribution in [-0.2, 0) is 10.2 Å². The van der Waals surface area contributed by atoms with E-state index in [4.69, 9.17) is 0 Å². The average molecular weight is 289 g/mol. The van der Waals surface area contributed by atoms with Crippen LogP contribution in [0.2, 0.25) is 0 Å². The molecule has 6 heteroatoms. The van der Waals surface area contributed by atoms with E-state index in [1.807, 2.05) is 0 Å². The number of hydrogen-bond donors (Lipinski definition) is 1. The van der Waals surface area contributed by atoms with Gasteiger partial charge in [-0.3, -0.25) is 0 Å². The van der Waals surface area contributed by atoms with Gasteiger partial charge in [0.05, 0.1) is 0 Å². The summed E-state index contributed by atoms with van der Waals surface area (Å²) in [4.78, 5) is 0. The van der Waals surface area contributed by atoms with Gasteiger partial charge in [-0.2, -0.15) is 17.0 Å². The van der Waals surface area contributed by atoms with Crippen LogP contribution in [0, 0.1) is 5.92 Å². The summed E-state index contributed by atoms with van der Waals surface area (Å²) in [6.45, 7) is 5.37. The topological polar surface area (TPSA) is 52.7 Å². The Labute approximate surface area is 117 Å². The maximum Gasteiger partial charge on any atom is 0.281 e. The standard InChI is InChI=1S/C13H27N3O2S/c1-3-7-14-8-4-9-15(2)19(17,18)16-11-12-5-6-13(16)10-12/h12-14H,3-11H2,1-2H3. The molecular weight excluding hydrogens is 262 g/mol. The highest BCUT2D eigenvalue weighted by Gasteiger charge is 2.44. The molecule has 1 aliphatic carbocycles. The van der Waals surface area contributed by atoms with Crippen molar-refractivity contribution in [3.63, 3.8) is 0 Å². The van der Waals surface area contributed by atoms with Crippen LogP contribution >= 0.6 is 0 Å². The molecule has 1 heterocycles. The summed E-state index contributed by atoms with van der Waals surface area (Å²) in [7, 11) is -1.51. The highest BCUT2D eigenvalue weighted by Crippen LogP contribution is 2.39. The molecule has 112 valence electrons. The lowest BCUT2D eigenvalue weighted by molar-refractivity contribution is 0.303. The first-order valence-electron chi connectivity index (χ1n) is 7.49. The van der Waals surface area contributed by atoms with Crippen LogP contribution in [-0.4, -0.2) is 56.3 Å². The van der Waals surface area contributed by atoms with Gasteiger partial charge in [0.2, 0.25) is 0 Å². The highest BCUT2D eigenvalue weighted by molar-refractivity contribution is 7.86. The van der Waals surface area contributed by atoms with E-state index < -0.39 is 10.2 Å². The van der Waals surface area contributed by atoms with Crippen LogP contribution in [0.1, 0.15) is 39.0 Å². The Kier molecular flexibility index (Phi) is 5.22. The van der Waals surface area contributed by atoms with Crippen molar-refractivity contribution in [1.82, 2.24) is 13.9 Å². The van der Waals surface area contributed by atoms with Crippen molar-refractivity contribution < 1.29 is 8.42 Å². The molecule has 2 rings (SSSR count). The van der Waals surface area contributed by atoms with Crippen LogP contribution in [0.5, 0.6) is 0 Å². The van der Waals surface area contributed by atoms with E-state index in [9.17, 15) is 8.42 Å². The molecule has 19 heavy (non-hydrogen) atoms. The molecule has 2 aliphatic rings. The maximum absolute atomic E-state index is 12.5.